The van der Waals surface area contributed by atoms with E-state index in [-0.39, 0.29) is 0 Å². The van der Waals surface area contributed by atoms with Gasteiger partial charge in [-0.25, -0.2) is 0 Å². The van der Waals surface area contributed by atoms with Crippen LogP contribution in [0.15, 0.2) is 4.42 Å². The maximum atomic E-state index is 7.29. The summed E-state index contributed by atoms with van der Waals surface area (Å²) in [5.41, 5.74) is 48.8. The van der Waals surface area contributed by atoms with Gasteiger partial charge in [0.2, 0.25) is 0 Å². The first-order valence-electron chi connectivity index (χ1n) is 27.9. The summed E-state index contributed by atoms with van der Waals surface area (Å²) in [6.45, 7) is 0. The molecule has 9 aromatic carbocycles. The third-order valence-electron chi connectivity index (χ3n) is 21.6. The van der Waals surface area contributed by atoms with E-state index in [9.17, 15) is 0 Å². The Morgan fingerprint density at radius 3 is 0.667 bits per heavy atom. The van der Waals surface area contributed by atoms with Crippen LogP contribution in [-0.4, -0.2) is 220 Å². The van der Waals surface area contributed by atoms with Crippen molar-refractivity contribution in [2.24, 2.45) is 0 Å². The van der Waals surface area contributed by atoms with Gasteiger partial charge in [0.05, 0.1) is 0 Å². The van der Waals surface area contributed by atoms with Crippen molar-refractivity contribution in [3.63, 3.8) is 0 Å². The highest BCUT2D eigenvalue weighted by Crippen LogP contribution is 2.40. The molecule has 0 fully saturated rings. The summed E-state index contributed by atoms with van der Waals surface area (Å²) in [7, 11) is 66.4. The zero-order valence-corrected chi connectivity index (χ0v) is 51.4. The molecule has 0 bridgehead atoms. The van der Waals surface area contributed by atoms with Gasteiger partial charge >= 0.3 is 0 Å². The lowest BCUT2D eigenvalue weighted by Crippen LogP contribution is -2.56. The summed E-state index contributed by atoms with van der Waals surface area (Å²) >= 11 is 0. The molecule has 0 aliphatic heterocycles. The second kappa shape index (κ2) is 18.1. The lowest BCUT2D eigenvalue weighted by molar-refractivity contribution is 0.675. The van der Waals surface area contributed by atoms with Crippen molar-refractivity contribution in [2.45, 2.75) is 0 Å². The fourth-order valence-corrected chi connectivity index (χ4v) is 15.4. The van der Waals surface area contributed by atoms with Crippen molar-refractivity contribution in [3.05, 3.63) is 0 Å². The highest BCUT2D eigenvalue weighted by molar-refractivity contribution is 6.78. The standard InChI is InChI=1S/C46H56B28O/c47-17-7(25(55)26(56)10-9(17)27(57)28(58)11(18(10)48)13-30(60)41(71)43(73)42(72)31(13)61)1-3-5(23(53)37(67)35(65)21(3)51)2(6-4(1)22(52)36(66)38(68)24(6)54)8-19(49)16-15-20(50)12-14(32(62)40(70)39(69)29(12)59)34(64)45(15)75-46(16)44(74)33(8)63/h47-74H2. The van der Waals surface area contributed by atoms with Gasteiger partial charge in [0.15, 0.2) is 0 Å². The van der Waals surface area contributed by atoms with Crippen molar-refractivity contribution in [2.75, 3.05) is 0 Å². The molecule has 0 unspecified atom stereocenters. The Balaban J connectivity index is 1.46. The zero-order chi connectivity index (χ0) is 55.3. The molecule has 0 amide bonds. The monoisotopic (exact) mass is 933 g/mol. The number of furan rings is 1. The van der Waals surface area contributed by atoms with E-state index in [1.54, 1.807) is 0 Å². The summed E-state index contributed by atoms with van der Waals surface area (Å²) < 4.78 is 7.29. The van der Waals surface area contributed by atoms with Crippen molar-refractivity contribution < 1.29 is 4.42 Å². The van der Waals surface area contributed by atoms with Crippen LogP contribution >= 0.6 is 0 Å². The fourth-order valence-electron chi connectivity index (χ4n) is 15.4. The molecule has 330 valence electrons. The van der Waals surface area contributed by atoms with Crippen molar-refractivity contribution in [1.82, 2.24) is 0 Å². The molecule has 0 saturated carbocycles. The second-order valence-electron chi connectivity index (χ2n) is 24.3. The lowest BCUT2D eigenvalue weighted by atomic mass is 9.55. The Labute approximate surface area is 472 Å². The minimum atomic E-state index is 1.03. The van der Waals surface area contributed by atoms with E-state index in [4.69, 9.17) is 4.42 Å². The Morgan fingerprint density at radius 1 is 0.120 bits per heavy atom. The summed E-state index contributed by atoms with van der Waals surface area (Å²) in [6, 6.07) is 0. The van der Waals surface area contributed by atoms with Crippen LogP contribution < -0.4 is 153 Å². The molecule has 1 nitrogen and oxygen atoms in total. The van der Waals surface area contributed by atoms with E-state index in [1.807, 2.05) is 0 Å². The largest absolute Gasteiger partial charge is 0.457 e. The van der Waals surface area contributed by atoms with Crippen molar-refractivity contribution in [3.8, 4) is 33.4 Å². The maximum absolute atomic E-state index is 7.29. The molecule has 0 saturated heterocycles. The molecule has 0 radical (unpaired) electrons. The Morgan fingerprint density at radius 2 is 0.307 bits per heavy atom. The predicted octanol–water partition coefficient (Wildman–Crippen LogP) is -35.6. The molecule has 29 heteroatoms. The number of rotatable bonds is 3. The third kappa shape index (κ3) is 6.85. The Hall–Kier alpha value is -4.36. The van der Waals surface area contributed by atoms with E-state index >= 15 is 0 Å². The molecule has 10 rings (SSSR count). The summed E-state index contributed by atoms with van der Waals surface area (Å²) in [5.74, 6) is 0. The predicted molar refractivity (Wildman–Crippen MR) is 429 cm³/mol. The molecule has 0 atom stereocenters. The van der Waals surface area contributed by atoms with Crippen LogP contribution in [0.5, 0.6) is 0 Å². The van der Waals surface area contributed by atoms with Gasteiger partial charge in [-0.1, -0.05) is 98.3 Å². The van der Waals surface area contributed by atoms with E-state index < -0.39 is 0 Å². The van der Waals surface area contributed by atoms with Crippen LogP contribution in [0.25, 0.3) is 98.4 Å². The number of hydrogen-bond acceptors (Lipinski definition) is 1. The number of benzene rings is 9. The Kier molecular flexibility index (Phi) is 13.0. The van der Waals surface area contributed by atoms with Gasteiger partial charge in [0.25, 0.3) is 0 Å². The molecule has 0 N–H and O–H groups in total. The van der Waals surface area contributed by atoms with Gasteiger partial charge in [-0.3, -0.25) is 0 Å². The second-order valence-corrected chi connectivity index (χ2v) is 24.3. The van der Waals surface area contributed by atoms with Crippen LogP contribution in [0.4, 0.5) is 0 Å². The van der Waals surface area contributed by atoms with Crippen LogP contribution in [0.1, 0.15) is 0 Å². The van der Waals surface area contributed by atoms with Gasteiger partial charge < -0.3 is 4.42 Å². The average Bonchev–Trinajstić information content (AvgIpc) is 3.80. The average molecular weight is 928 g/mol. The summed E-state index contributed by atoms with van der Waals surface area (Å²) in [4.78, 5) is 0. The maximum Gasteiger partial charge on any atom is 0.145 e. The van der Waals surface area contributed by atoms with Crippen molar-refractivity contribution >= 4 is 438 Å². The highest BCUT2D eigenvalue weighted by Gasteiger charge is 2.32. The van der Waals surface area contributed by atoms with Crippen LogP contribution in [0, 0.1) is 0 Å². The van der Waals surface area contributed by atoms with Crippen LogP contribution in [0.2, 0.25) is 0 Å². The number of fused-ring (bicyclic) bond motifs is 7. The molecular weight excluding hydrogens is 871 g/mol. The summed E-state index contributed by atoms with van der Waals surface area (Å²) in [5, 5.41) is 13.7. The molecule has 75 heavy (non-hydrogen) atoms. The first kappa shape index (κ1) is 54.0. The van der Waals surface area contributed by atoms with Gasteiger partial charge in [0.1, 0.15) is 231 Å². The topological polar surface area (TPSA) is 13.1 Å². The highest BCUT2D eigenvalue weighted by atomic mass is 16.3. The Bertz CT molecular complexity index is 4330. The van der Waals surface area contributed by atoms with Gasteiger partial charge in [-0.2, -0.15) is 0 Å². The van der Waals surface area contributed by atoms with Gasteiger partial charge in [-0.15, -0.1) is 49.2 Å². The summed E-state index contributed by atoms with van der Waals surface area (Å²) in [6.07, 6.45) is 0. The van der Waals surface area contributed by atoms with Crippen LogP contribution in [-0.2, 0) is 0 Å². The molecule has 1 aromatic heterocycles. The minimum Gasteiger partial charge on any atom is -0.457 e. The van der Waals surface area contributed by atoms with E-state index in [0.717, 1.165) is 11.2 Å². The SMILES string of the molecule is Bc1c(B)c(B)c(-c2c(B)c(B)c3c(B)c(-c4c5c(B)c(B)c(B)c(B)c5c(-c5c(B)c(B)c6oc7c(B)c8c(B)c(B)c(B)c(B)c8c(B)c7c6c5B)c5c(B)c(B)c(B)c(B)c45)c(B)c(B)c3c2B)c(B)c1B. The normalized spacial score (nSPS) is 11.9. The zero-order valence-electron chi connectivity index (χ0n) is 51.4. The molecule has 0 aliphatic carbocycles. The first-order valence-corrected chi connectivity index (χ1v) is 27.9. The molecule has 0 aliphatic rings. The molecular formula is C46H56B28O. The quantitative estimate of drug-likeness (QED) is 0.127. The minimum absolute atomic E-state index is 1.03. The fraction of sp³-hybridized carbons (Fsp3) is 0. The molecule has 1 heterocycles. The molecule has 0 spiro atoms. The van der Waals surface area contributed by atoms with Gasteiger partial charge in [0, 0.05) is 10.8 Å². The van der Waals surface area contributed by atoms with E-state index in [1.165, 1.54) is 240 Å². The van der Waals surface area contributed by atoms with Gasteiger partial charge in [-0.05, 0) is 81.9 Å². The third-order valence-corrected chi connectivity index (χ3v) is 21.6. The smallest absolute Gasteiger partial charge is 0.145 e. The molecule has 10 aromatic rings. The van der Waals surface area contributed by atoms with Crippen LogP contribution in [0.3, 0.4) is 0 Å². The van der Waals surface area contributed by atoms with E-state index in [0.29, 0.717) is 0 Å². The van der Waals surface area contributed by atoms with Crippen molar-refractivity contribution in [1.29, 1.82) is 0 Å². The lowest BCUT2D eigenvalue weighted by Gasteiger charge is -2.32. The van der Waals surface area contributed by atoms with E-state index in [2.05, 4.69) is 220 Å². The first-order chi connectivity index (χ1) is 35.0. The number of hydrogen-bond donors (Lipinski definition) is 0.